The van der Waals surface area contributed by atoms with Gasteiger partial charge in [-0.3, -0.25) is 9.59 Å². The molecule has 4 aromatic rings. The molecule has 0 fully saturated rings. The Bertz CT molecular complexity index is 1570. The number of aryl methyl sites for hydroxylation is 1. The number of pyridine rings is 1. The van der Waals surface area contributed by atoms with Crippen LogP contribution in [0.1, 0.15) is 16.8 Å². The van der Waals surface area contributed by atoms with Crippen LogP contribution in [0.3, 0.4) is 0 Å². The highest BCUT2D eigenvalue weighted by atomic mass is 35.5. The molecule has 0 saturated carbocycles. The molecule has 0 aliphatic carbocycles. The summed E-state index contributed by atoms with van der Waals surface area (Å²) in [5.74, 6) is -0.122. The summed E-state index contributed by atoms with van der Waals surface area (Å²) < 4.78 is 6.08. The van der Waals surface area contributed by atoms with Crippen LogP contribution >= 0.6 is 23.2 Å². The number of rotatable bonds is 9. The highest BCUT2D eigenvalue weighted by Gasteiger charge is 2.19. The summed E-state index contributed by atoms with van der Waals surface area (Å²) in [4.78, 5) is 33.2. The van der Waals surface area contributed by atoms with Gasteiger partial charge in [-0.15, -0.1) is 0 Å². The number of hydrogen-bond acceptors (Lipinski definition) is 5. The van der Waals surface area contributed by atoms with E-state index in [0.29, 0.717) is 27.0 Å². The number of hydrogen-bond donors (Lipinski definition) is 1. The van der Waals surface area contributed by atoms with Crippen molar-refractivity contribution in [2.75, 3.05) is 37.5 Å². The van der Waals surface area contributed by atoms with Crippen molar-refractivity contribution in [3.05, 3.63) is 99.7 Å². The first kappa shape index (κ1) is 28.9. The van der Waals surface area contributed by atoms with E-state index in [2.05, 4.69) is 10.3 Å². The Hall–Kier alpha value is -4.07. The Morgan fingerprint density at radius 3 is 2.45 bits per heavy atom. The van der Waals surface area contributed by atoms with Crippen molar-refractivity contribution in [2.45, 2.75) is 13.5 Å². The van der Waals surface area contributed by atoms with Crippen molar-refractivity contribution in [1.29, 1.82) is 0 Å². The number of benzene rings is 3. The molecular formula is C31H30Cl2N4O3. The number of carbonyl (C=O) groups excluding carboxylic acids is 2. The van der Waals surface area contributed by atoms with Crippen LogP contribution in [0.5, 0.6) is 5.75 Å². The lowest BCUT2D eigenvalue weighted by atomic mass is 10.1. The number of amides is 2. The zero-order valence-corrected chi connectivity index (χ0v) is 24.3. The van der Waals surface area contributed by atoms with Crippen LogP contribution in [0, 0.1) is 6.92 Å². The van der Waals surface area contributed by atoms with Gasteiger partial charge < -0.3 is 19.9 Å². The number of nitrogens with one attached hydrogen (secondary N) is 1. The molecule has 1 heterocycles. The largest absolute Gasteiger partial charge is 0.487 e. The van der Waals surface area contributed by atoms with E-state index in [1.54, 1.807) is 25.3 Å². The summed E-state index contributed by atoms with van der Waals surface area (Å²) >= 11 is 13.2. The summed E-state index contributed by atoms with van der Waals surface area (Å²) in [5, 5.41) is 4.28. The number of aromatic nitrogens is 1. The highest BCUT2D eigenvalue weighted by Crippen LogP contribution is 2.35. The summed E-state index contributed by atoms with van der Waals surface area (Å²) in [6, 6.07) is 20.7. The average Bonchev–Trinajstić information content (AvgIpc) is 2.94. The number of para-hydroxylation sites is 1. The molecule has 1 N–H and O–H groups in total. The molecule has 0 spiro atoms. The molecule has 9 heteroatoms. The van der Waals surface area contributed by atoms with Gasteiger partial charge in [0.1, 0.15) is 17.9 Å². The average molecular weight is 578 g/mol. The van der Waals surface area contributed by atoms with E-state index >= 15 is 0 Å². The first-order chi connectivity index (χ1) is 19.1. The monoisotopic (exact) mass is 576 g/mol. The lowest BCUT2D eigenvalue weighted by molar-refractivity contribution is -0.122. The van der Waals surface area contributed by atoms with Crippen molar-refractivity contribution in [3.8, 4) is 5.75 Å². The normalized spacial score (nSPS) is 11.1. The van der Waals surface area contributed by atoms with Crippen LogP contribution in [0.2, 0.25) is 10.0 Å². The standard InChI is InChI=1S/C31H30Cl2N4O3/c1-20-8-12-22-6-5-7-27(31(22)35-20)40-19-24-25(32)15-16-26(30(24)33)37(4)29(39)18-34-28(38)17-11-21-9-13-23(14-10-21)36(2)3/h5-17H,18-19H2,1-4H3,(H,34,38)/b17-11+. The number of likely N-dealkylation sites (N-methyl/N-ethyl adjacent to an activating group) is 1. The first-order valence-corrected chi connectivity index (χ1v) is 13.4. The maximum Gasteiger partial charge on any atom is 0.246 e. The van der Waals surface area contributed by atoms with Crippen molar-refractivity contribution < 1.29 is 14.3 Å². The predicted octanol–water partition coefficient (Wildman–Crippen LogP) is 6.29. The van der Waals surface area contributed by atoms with E-state index in [9.17, 15) is 9.59 Å². The van der Waals surface area contributed by atoms with Crippen LogP contribution in [-0.4, -0.2) is 44.5 Å². The van der Waals surface area contributed by atoms with Gasteiger partial charge in [-0.05, 0) is 55.0 Å². The van der Waals surface area contributed by atoms with E-state index < -0.39 is 0 Å². The molecule has 0 unspecified atom stereocenters. The van der Waals surface area contributed by atoms with E-state index in [1.165, 1.54) is 11.0 Å². The molecule has 3 aromatic carbocycles. The topological polar surface area (TPSA) is 74.8 Å². The molecule has 0 saturated heterocycles. The summed E-state index contributed by atoms with van der Waals surface area (Å²) in [7, 11) is 5.51. The molecule has 206 valence electrons. The van der Waals surface area contributed by atoms with Gasteiger partial charge in [-0.1, -0.05) is 53.5 Å². The van der Waals surface area contributed by atoms with E-state index in [1.807, 2.05) is 80.5 Å². The van der Waals surface area contributed by atoms with E-state index in [-0.39, 0.29) is 25.0 Å². The molecular weight excluding hydrogens is 547 g/mol. The zero-order chi connectivity index (χ0) is 28.8. The minimum atomic E-state index is -0.381. The van der Waals surface area contributed by atoms with Gasteiger partial charge in [0.2, 0.25) is 11.8 Å². The number of nitrogens with zero attached hydrogens (tertiary/aromatic N) is 3. The number of carbonyl (C=O) groups is 2. The minimum absolute atomic E-state index is 0.0827. The SMILES string of the molecule is Cc1ccc2cccc(OCc3c(Cl)ccc(N(C)C(=O)CNC(=O)/C=C/c4ccc(N(C)C)cc4)c3Cl)c2n1. The quantitative estimate of drug-likeness (QED) is 0.237. The van der Waals surface area contributed by atoms with Crippen molar-refractivity contribution in [1.82, 2.24) is 10.3 Å². The van der Waals surface area contributed by atoms with Crippen LogP contribution in [0.25, 0.3) is 17.0 Å². The Balaban J connectivity index is 1.40. The summed E-state index contributed by atoms with van der Waals surface area (Å²) in [6.07, 6.45) is 3.09. The van der Waals surface area contributed by atoms with Gasteiger partial charge >= 0.3 is 0 Å². The molecule has 40 heavy (non-hydrogen) atoms. The second-order valence-electron chi connectivity index (χ2n) is 9.42. The third-order valence-corrected chi connectivity index (χ3v) is 7.12. The maximum absolute atomic E-state index is 12.9. The molecule has 1 aromatic heterocycles. The number of fused-ring (bicyclic) bond motifs is 1. The van der Waals surface area contributed by atoms with Gasteiger partial charge in [0.15, 0.2) is 0 Å². The summed E-state index contributed by atoms with van der Waals surface area (Å²) in [6.45, 7) is 1.80. The van der Waals surface area contributed by atoms with Crippen LogP contribution in [-0.2, 0) is 16.2 Å². The smallest absolute Gasteiger partial charge is 0.246 e. The van der Waals surface area contributed by atoms with E-state index in [4.69, 9.17) is 27.9 Å². The van der Waals surface area contributed by atoms with Crippen molar-refractivity contribution in [3.63, 3.8) is 0 Å². The maximum atomic E-state index is 12.9. The van der Waals surface area contributed by atoms with Gasteiger partial charge in [0.25, 0.3) is 0 Å². The molecule has 0 aliphatic rings. The minimum Gasteiger partial charge on any atom is -0.487 e. The first-order valence-electron chi connectivity index (χ1n) is 12.6. The Labute approximate surface area is 244 Å². The molecule has 4 rings (SSSR count). The predicted molar refractivity (Wildman–Crippen MR) is 163 cm³/mol. The number of ether oxygens (including phenoxy) is 1. The van der Waals surface area contributed by atoms with Crippen LogP contribution < -0.4 is 19.9 Å². The van der Waals surface area contributed by atoms with Gasteiger partial charge in [0, 0.05) is 54.6 Å². The third-order valence-electron chi connectivity index (χ3n) is 6.35. The zero-order valence-electron chi connectivity index (χ0n) is 22.7. The molecule has 0 atom stereocenters. The lowest BCUT2D eigenvalue weighted by Crippen LogP contribution is -2.37. The lowest BCUT2D eigenvalue weighted by Gasteiger charge is -2.21. The van der Waals surface area contributed by atoms with Crippen LogP contribution in [0.15, 0.2) is 72.8 Å². The van der Waals surface area contributed by atoms with Gasteiger partial charge in [-0.25, -0.2) is 4.98 Å². The fraction of sp³-hybridized carbons (Fsp3) is 0.194. The van der Waals surface area contributed by atoms with E-state index in [0.717, 1.165) is 27.8 Å². The Morgan fingerprint density at radius 2 is 1.73 bits per heavy atom. The van der Waals surface area contributed by atoms with Gasteiger partial charge in [0.05, 0.1) is 17.3 Å². The Morgan fingerprint density at radius 1 is 0.975 bits per heavy atom. The number of halogens is 2. The Kier molecular flexibility index (Phi) is 9.30. The third kappa shape index (κ3) is 6.92. The fourth-order valence-electron chi connectivity index (χ4n) is 3.99. The number of anilines is 2. The van der Waals surface area contributed by atoms with Crippen LogP contribution in [0.4, 0.5) is 11.4 Å². The molecule has 7 nitrogen and oxygen atoms in total. The van der Waals surface area contributed by atoms with Crippen molar-refractivity contribution in [2.24, 2.45) is 0 Å². The highest BCUT2D eigenvalue weighted by molar-refractivity contribution is 6.38. The molecule has 2 amide bonds. The molecule has 0 aliphatic heterocycles. The second kappa shape index (κ2) is 12.9. The summed E-state index contributed by atoms with van der Waals surface area (Å²) in [5.41, 5.74) is 4.55. The van der Waals surface area contributed by atoms with Crippen molar-refractivity contribution >= 4 is 63.4 Å². The molecule has 0 bridgehead atoms. The van der Waals surface area contributed by atoms with Gasteiger partial charge in [-0.2, -0.15) is 0 Å². The second-order valence-corrected chi connectivity index (χ2v) is 10.2. The fourth-order valence-corrected chi connectivity index (χ4v) is 4.60. The molecule has 0 radical (unpaired) electrons.